The van der Waals surface area contributed by atoms with E-state index in [2.05, 4.69) is 25.1 Å². The SMILES string of the molecule is COc1ccc(CN(Cc2ccc(OC)cc2)c2nc(C)nc(-c3cc(CN4CCN(S(C)(=O)=O)CC4)cnc3Nc3cnc(OC)nc3)n2)cc1. The van der Waals surface area contributed by atoms with Gasteiger partial charge in [-0.2, -0.15) is 14.3 Å². The molecule has 0 aliphatic carbocycles. The van der Waals surface area contributed by atoms with Crippen molar-refractivity contribution in [3.63, 3.8) is 0 Å². The van der Waals surface area contributed by atoms with Gasteiger partial charge in [-0.3, -0.25) is 4.90 Å². The first-order valence-corrected chi connectivity index (χ1v) is 18.5. The smallest absolute Gasteiger partial charge is 0.316 e. The molecule has 1 N–H and O–H groups in total. The number of methoxy groups -OCH3 is 3. The van der Waals surface area contributed by atoms with Gasteiger partial charge in [0.1, 0.15) is 23.1 Å². The molecule has 0 bridgehead atoms. The summed E-state index contributed by atoms with van der Waals surface area (Å²) in [5, 5.41) is 3.33. The zero-order valence-corrected chi connectivity index (χ0v) is 30.7. The lowest BCUT2D eigenvalue weighted by molar-refractivity contribution is 0.182. The van der Waals surface area contributed by atoms with E-state index >= 15 is 0 Å². The van der Waals surface area contributed by atoms with Crippen LogP contribution in [0.4, 0.5) is 17.5 Å². The molecule has 0 atom stereocenters. The van der Waals surface area contributed by atoms with E-state index in [0.29, 0.717) is 80.5 Å². The van der Waals surface area contributed by atoms with Crippen LogP contribution in [0, 0.1) is 6.92 Å². The van der Waals surface area contributed by atoms with Crippen molar-refractivity contribution in [3.8, 4) is 28.9 Å². The van der Waals surface area contributed by atoms with Crippen molar-refractivity contribution in [2.24, 2.45) is 0 Å². The third kappa shape index (κ3) is 9.25. The number of aryl methyl sites for hydroxylation is 1. The minimum absolute atomic E-state index is 0.247. The molecule has 0 saturated carbocycles. The summed E-state index contributed by atoms with van der Waals surface area (Å²) in [5.41, 5.74) is 4.28. The molecular formula is C36H42N10O5S. The second kappa shape index (κ2) is 16.3. The summed E-state index contributed by atoms with van der Waals surface area (Å²) in [6, 6.07) is 18.1. The summed E-state index contributed by atoms with van der Waals surface area (Å²) in [6.07, 6.45) is 6.27. The average Bonchev–Trinajstić information content (AvgIpc) is 3.15. The Bertz CT molecular complexity index is 2010. The molecule has 2 aromatic carbocycles. The summed E-state index contributed by atoms with van der Waals surface area (Å²) < 4.78 is 41.6. The van der Waals surface area contributed by atoms with Gasteiger partial charge < -0.3 is 24.4 Å². The molecular weight excluding hydrogens is 685 g/mol. The van der Waals surface area contributed by atoms with Gasteiger partial charge in [0.2, 0.25) is 16.0 Å². The molecule has 0 radical (unpaired) electrons. The minimum atomic E-state index is -3.24. The van der Waals surface area contributed by atoms with E-state index in [1.54, 1.807) is 32.8 Å². The van der Waals surface area contributed by atoms with Crippen LogP contribution in [0.15, 0.2) is 73.2 Å². The van der Waals surface area contributed by atoms with Crippen molar-refractivity contribution in [2.45, 2.75) is 26.6 Å². The number of sulfonamides is 1. The zero-order valence-electron chi connectivity index (χ0n) is 29.9. The molecule has 16 heteroatoms. The van der Waals surface area contributed by atoms with Gasteiger partial charge in [0, 0.05) is 52.0 Å². The summed E-state index contributed by atoms with van der Waals surface area (Å²) in [6.45, 7) is 5.53. The fourth-order valence-corrected chi connectivity index (χ4v) is 6.62. The van der Waals surface area contributed by atoms with Gasteiger partial charge in [-0.25, -0.2) is 28.4 Å². The second-order valence-corrected chi connectivity index (χ2v) is 14.3. The Morgan fingerprint density at radius 3 is 1.88 bits per heavy atom. The van der Waals surface area contributed by atoms with Gasteiger partial charge >= 0.3 is 6.01 Å². The highest BCUT2D eigenvalue weighted by atomic mass is 32.2. The topological polar surface area (TPSA) is 161 Å². The number of ether oxygens (including phenoxy) is 3. The number of anilines is 3. The third-order valence-corrected chi connectivity index (χ3v) is 9.85. The number of hydrogen-bond acceptors (Lipinski definition) is 14. The van der Waals surface area contributed by atoms with E-state index in [1.807, 2.05) is 61.5 Å². The number of aromatic nitrogens is 6. The van der Waals surface area contributed by atoms with Gasteiger partial charge in [-0.1, -0.05) is 24.3 Å². The predicted molar refractivity (Wildman–Crippen MR) is 197 cm³/mol. The fourth-order valence-electron chi connectivity index (χ4n) is 5.79. The van der Waals surface area contributed by atoms with Crippen molar-refractivity contribution in [3.05, 3.63) is 95.7 Å². The molecule has 1 fully saturated rings. The number of nitrogens with zero attached hydrogens (tertiary/aromatic N) is 9. The Kier molecular flexibility index (Phi) is 11.4. The number of benzene rings is 2. The minimum Gasteiger partial charge on any atom is -0.497 e. The van der Waals surface area contributed by atoms with Crippen LogP contribution in [0.3, 0.4) is 0 Å². The van der Waals surface area contributed by atoms with Crippen molar-refractivity contribution in [1.82, 2.24) is 39.1 Å². The Balaban J connectivity index is 1.36. The van der Waals surface area contributed by atoms with Crippen LogP contribution in [-0.4, -0.2) is 101 Å². The maximum atomic E-state index is 12.1. The van der Waals surface area contributed by atoms with E-state index in [4.69, 9.17) is 34.1 Å². The van der Waals surface area contributed by atoms with Gasteiger partial charge in [0.05, 0.1) is 51.2 Å². The fraction of sp³-hybridized carbons (Fsp3) is 0.333. The van der Waals surface area contributed by atoms with E-state index in [0.717, 1.165) is 28.2 Å². The third-order valence-electron chi connectivity index (χ3n) is 8.55. The van der Waals surface area contributed by atoms with Crippen LogP contribution in [-0.2, 0) is 29.7 Å². The highest BCUT2D eigenvalue weighted by Crippen LogP contribution is 2.30. The van der Waals surface area contributed by atoms with E-state index < -0.39 is 10.0 Å². The van der Waals surface area contributed by atoms with E-state index in [-0.39, 0.29) is 6.01 Å². The molecule has 1 saturated heterocycles. The lowest BCUT2D eigenvalue weighted by Gasteiger charge is -2.33. The van der Waals surface area contributed by atoms with E-state index in [9.17, 15) is 8.42 Å². The van der Waals surface area contributed by atoms with Gasteiger partial charge in [-0.05, 0) is 53.9 Å². The number of pyridine rings is 1. The first-order chi connectivity index (χ1) is 25.1. The Labute approximate surface area is 303 Å². The lowest BCUT2D eigenvalue weighted by Crippen LogP contribution is -2.47. The molecule has 52 heavy (non-hydrogen) atoms. The first kappa shape index (κ1) is 36.3. The first-order valence-electron chi connectivity index (χ1n) is 16.6. The zero-order chi connectivity index (χ0) is 36.7. The molecule has 272 valence electrons. The maximum Gasteiger partial charge on any atom is 0.316 e. The van der Waals surface area contributed by atoms with Crippen molar-refractivity contribution < 1.29 is 22.6 Å². The molecule has 0 amide bonds. The normalized spacial score (nSPS) is 13.8. The second-order valence-electron chi connectivity index (χ2n) is 12.3. The molecule has 4 heterocycles. The summed E-state index contributed by atoms with van der Waals surface area (Å²) >= 11 is 0. The van der Waals surface area contributed by atoms with Crippen molar-refractivity contribution >= 4 is 27.5 Å². The predicted octanol–water partition coefficient (Wildman–Crippen LogP) is 4.09. The van der Waals surface area contributed by atoms with Crippen molar-refractivity contribution in [1.29, 1.82) is 0 Å². The quantitative estimate of drug-likeness (QED) is 0.174. The largest absolute Gasteiger partial charge is 0.497 e. The highest BCUT2D eigenvalue weighted by Gasteiger charge is 2.24. The molecule has 6 rings (SSSR count). The van der Waals surface area contributed by atoms with Crippen LogP contribution in [0.1, 0.15) is 22.5 Å². The number of hydrogen-bond donors (Lipinski definition) is 1. The maximum absolute atomic E-state index is 12.1. The summed E-state index contributed by atoms with van der Waals surface area (Å²) in [7, 11) is 1.57. The van der Waals surface area contributed by atoms with Crippen LogP contribution >= 0.6 is 0 Å². The summed E-state index contributed by atoms with van der Waals surface area (Å²) in [5.74, 6) is 3.52. The molecule has 1 aliphatic rings. The molecule has 15 nitrogen and oxygen atoms in total. The van der Waals surface area contributed by atoms with Crippen LogP contribution in [0.2, 0.25) is 0 Å². The highest BCUT2D eigenvalue weighted by molar-refractivity contribution is 7.88. The lowest BCUT2D eigenvalue weighted by atomic mass is 10.1. The Hall–Kier alpha value is -5.45. The van der Waals surface area contributed by atoms with E-state index in [1.165, 1.54) is 17.7 Å². The number of piperazine rings is 1. The Morgan fingerprint density at radius 2 is 1.35 bits per heavy atom. The summed E-state index contributed by atoms with van der Waals surface area (Å²) in [4.78, 5) is 32.2. The average molecular weight is 727 g/mol. The van der Waals surface area contributed by atoms with Crippen LogP contribution < -0.4 is 24.4 Å². The van der Waals surface area contributed by atoms with Gasteiger partial charge in [0.15, 0.2) is 5.82 Å². The number of nitrogens with one attached hydrogen (secondary N) is 1. The van der Waals surface area contributed by atoms with Crippen LogP contribution in [0.5, 0.6) is 17.5 Å². The molecule has 1 aliphatic heterocycles. The molecule has 0 unspecified atom stereocenters. The van der Waals surface area contributed by atoms with Gasteiger partial charge in [-0.15, -0.1) is 0 Å². The monoisotopic (exact) mass is 726 g/mol. The van der Waals surface area contributed by atoms with Gasteiger partial charge in [0.25, 0.3) is 0 Å². The molecule has 3 aromatic heterocycles. The number of rotatable bonds is 14. The Morgan fingerprint density at radius 1 is 0.750 bits per heavy atom. The van der Waals surface area contributed by atoms with Crippen molar-refractivity contribution in [2.75, 3.05) is 64.0 Å². The van der Waals surface area contributed by atoms with Crippen LogP contribution in [0.25, 0.3) is 11.4 Å². The molecule has 5 aromatic rings. The standard InChI is InChI=1S/C36H42N10O5S/c1-25-40-34(43-35(41-25)45(23-26-6-10-30(49-2)11-7-26)24-27-8-12-31(50-3)13-9-27)32-18-28(22-44-14-16-46(17-15-44)52(5,47)48)19-37-33(32)42-29-20-38-36(51-4)39-21-29/h6-13,18-21H,14-17,22-24H2,1-5H3,(H,37,42). The molecule has 0 spiro atoms.